The number of aromatic nitrogens is 2. The van der Waals surface area contributed by atoms with E-state index in [1.165, 1.54) is 17.0 Å². The number of amides is 1. The van der Waals surface area contributed by atoms with Gasteiger partial charge in [0.1, 0.15) is 5.69 Å². The van der Waals surface area contributed by atoms with Gasteiger partial charge in [-0.05, 0) is 13.0 Å². The summed E-state index contributed by atoms with van der Waals surface area (Å²) in [6, 6.07) is -0.512. The molecule has 1 unspecified atom stereocenters. The lowest BCUT2D eigenvalue weighted by Gasteiger charge is -2.11. The third kappa shape index (κ3) is 2.37. The van der Waals surface area contributed by atoms with Crippen LogP contribution in [0.3, 0.4) is 0 Å². The minimum Gasteiger partial charge on any atom is -0.396 e. The molecule has 8 heteroatoms. The molecule has 1 atom stereocenters. The van der Waals surface area contributed by atoms with Crippen LogP contribution in [0.25, 0.3) is 0 Å². The number of nitrogen functional groups attached to an aromatic ring is 1. The van der Waals surface area contributed by atoms with Gasteiger partial charge >= 0.3 is 0 Å². The van der Waals surface area contributed by atoms with E-state index in [1.807, 2.05) is 6.92 Å². The van der Waals surface area contributed by atoms with Gasteiger partial charge in [0.05, 0.1) is 23.7 Å². The Bertz CT molecular complexity index is 603. The van der Waals surface area contributed by atoms with E-state index in [0.717, 1.165) is 5.41 Å². The summed E-state index contributed by atoms with van der Waals surface area (Å²) in [5.74, 6) is -0.530. The first kappa shape index (κ1) is 12.6. The second-order valence-electron chi connectivity index (χ2n) is 4.00. The minimum absolute atomic E-state index is 0.112. The van der Waals surface area contributed by atoms with Crippen LogP contribution in [0.1, 0.15) is 17.4 Å². The summed E-state index contributed by atoms with van der Waals surface area (Å²) in [7, 11) is -3.18. The molecule has 0 saturated heterocycles. The molecule has 0 saturated carbocycles. The minimum atomic E-state index is -3.18. The first-order valence-electron chi connectivity index (χ1n) is 5.46. The van der Waals surface area contributed by atoms with Crippen LogP contribution in [0.2, 0.25) is 0 Å². The van der Waals surface area contributed by atoms with Crippen molar-refractivity contribution < 1.29 is 13.2 Å². The quantitative estimate of drug-likeness (QED) is 0.771. The van der Waals surface area contributed by atoms with Crippen LogP contribution in [0.5, 0.6) is 0 Å². The predicted octanol–water partition coefficient (Wildman–Crippen LogP) is -0.474. The van der Waals surface area contributed by atoms with Crippen LogP contribution in [0.4, 0.5) is 5.69 Å². The zero-order valence-electron chi connectivity index (χ0n) is 9.83. The van der Waals surface area contributed by atoms with Gasteiger partial charge in [-0.15, -0.1) is 0 Å². The zero-order valence-corrected chi connectivity index (χ0v) is 10.6. The number of hydrogen-bond donors (Lipinski definition) is 2. The molecule has 0 aromatic carbocycles. The number of aryl methyl sites for hydroxylation is 1. The summed E-state index contributed by atoms with van der Waals surface area (Å²) >= 11 is 0. The molecule has 2 heterocycles. The maximum atomic E-state index is 12.0. The highest BCUT2D eigenvalue weighted by molar-refractivity contribution is 7.94. The molecule has 7 nitrogen and oxygen atoms in total. The van der Waals surface area contributed by atoms with Crippen LogP contribution < -0.4 is 11.1 Å². The topological polar surface area (TPSA) is 107 Å². The number of rotatable bonds is 3. The SMILES string of the molecule is CCn1ncc(N)c1C(=O)NC1C=CS(=O)(=O)C1. The van der Waals surface area contributed by atoms with Crippen molar-refractivity contribution in [3.8, 4) is 0 Å². The van der Waals surface area contributed by atoms with Gasteiger partial charge in [-0.3, -0.25) is 9.48 Å². The zero-order chi connectivity index (χ0) is 13.3. The Balaban J connectivity index is 2.14. The smallest absolute Gasteiger partial charge is 0.272 e. The van der Waals surface area contributed by atoms with E-state index < -0.39 is 21.8 Å². The van der Waals surface area contributed by atoms with Gasteiger partial charge in [0.2, 0.25) is 0 Å². The van der Waals surface area contributed by atoms with Gasteiger partial charge in [-0.2, -0.15) is 5.10 Å². The van der Waals surface area contributed by atoms with Crippen LogP contribution in [-0.4, -0.2) is 35.9 Å². The van der Waals surface area contributed by atoms with E-state index in [0.29, 0.717) is 6.54 Å². The summed E-state index contributed by atoms with van der Waals surface area (Å²) < 4.78 is 23.9. The summed E-state index contributed by atoms with van der Waals surface area (Å²) in [6.07, 6.45) is 2.86. The lowest BCUT2D eigenvalue weighted by Crippen LogP contribution is -2.37. The maximum Gasteiger partial charge on any atom is 0.272 e. The van der Waals surface area contributed by atoms with Gasteiger partial charge in [0.25, 0.3) is 5.91 Å². The van der Waals surface area contributed by atoms with Crippen molar-refractivity contribution in [3.63, 3.8) is 0 Å². The van der Waals surface area contributed by atoms with Crippen LogP contribution in [0.15, 0.2) is 17.7 Å². The number of carbonyl (C=O) groups is 1. The van der Waals surface area contributed by atoms with Gasteiger partial charge in [0.15, 0.2) is 9.84 Å². The standard InChI is InChI=1S/C10H14N4O3S/c1-2-14-9(8(11)5-12-14)10(15)13-7-3-4-18(16,17)6-7/h3-5,7H,2,6,11H2,1H3,(H,13,15). The van der Waals surface area contributed by atoms with Gasteiger partial charge in [0, 0.05) is 12.0 Å². The average Bonchev–Trinajstić information content (AvgIpc) is 2.81. The fraction of sp³-hybridized carbons (Fsp3) is 0.400. The number of nitrogens with two attached hydrogens (primary N) is 1. The number of hydrogen-bond acceptors (Lipinski definition) is 5. The Morgan fingerprint density at radius 2 is 2.39 bits per heavy atom. The molecule has 0 bridgehead atoms. The molecule has 98 valence electrons. The van der Waals surface area contributed by atoms with Crippen LogP contribution in [-0.2, 0) is 16.4 Å². The molecule has 2 rings (SSSR count). The Kier molecular flexibility index (Phi) is 3.12. The molecular weight excluding hydrogens is 256 g/mol. The number of sulfone groups is 1. The summed E-state index contributed by atoms with van der Waals surface area (Å²) in [5.41, 5.74) is 6.20. The third-order valence-electron chi connectivity index (χ3n) is 2.63. The van der Waals surface area contributed by atoms with E-state index >= 15 is 0 Å². The number of nitrogens with one attached hydrogen (secondary N) is 1. The monoisotopic (exact) mass is 270 g/mol. The Morgan fingerprint density at radius 1 is 1.67 bits per heavy atom. The predicted molar refractivity (Wildman–Crippen MR) is 66.5 cm³/mol. The van der Waals surface area contributed by atoms with Crippen molar-refractivity contribution in [1.29, 1.82) is 0 Å². The highest BCUT2D eigenvalue weighted by atomic mass is 32.2. The summed E-state index contributed by atoms with van der Waals surface area (Å²) in [6.45, 7) is 2.35. The fourth-order valence-electron chi connectivity index (χ4n) is 1.79. The third-order valence-corrected chi connectivity index (χ3v) is 4.02. The second-order valence-corrected chi connectivity index (χ2v) is 5.93. The van der Waals surface area contributed by atoms with Crippen molar-refractivity contribution in [1.82, 2.24) is 15.1 Å². The van der Waals surface area contributed by atoms with Crippen molar-refractivity contribution >= 4 is 21.4 Å². The number of anilines is 1. The molecule has 0 radical (unpaired) electrons. The highest BCUT2D eigenvalue weighted by Crippen LogP contribution is 2.13. The van der Waals surface area contributed by atoms with Gasteiger partial charge in [-0.25, -0.2) is 8.42 Å². The molecule has 1 aromatic rings. The van der Waals surface area contributed by atoms with E-state index in [-0.39, 0.29) is 17.1 Å². The molecule has 0 spiro atoms. The molecular formula is C10H14N4O3S. The number of nitrogens with zero attached hydrogens (tertiary/aromatic N) is 2. The molecule has 0 fully saturated rings. The van der Waals surface area contributed by atoms with Crippen LogP contribution >= 0.6 is 0 Å². The average molecular weight is 270 g/mol. The highest BCUT2D eigenvalue weighted by Gasteiger charge is 2.25. The van der Waals surface area contributed by atoms with Crippen molar-refractivity contribution in [2.45, 2.75) is 19.5 Å². The normalized spacial score (nSPS) is 21.1. The molecule has 1 aromatic heterocycles. The number of carbonyl (C=O) groups excluding carboxylic acids is 1. The molecule has 1 aliphatic rings. The first-order chi connectivity index (χ1) is 8.43. The fourth-order valence-corrected chi connectivity index (χ4v) is 3.03. The Hall–Kier alpha value is -1.83. The van der Waals surface area contributed by atoms with Gasteiger partial charge in [-0.1, -0.05) is 0 Å². The van der Waals surface area contributed by atoms with Gasteiger partial charge < -0.3 is 11.1 Å². The van der Waals surface area contributed by atoms with Crippen molar-refractivity contribution in [2.24, 2.45) is 0 Å². The van der Waals surface area contributed by atoms with E-state index in [4.69, 9.17) is 5.73 Å². The molecule has 1 aliphatic heterocycles. The second kappa shape index (κ2) is 4.45. The summed E-state index contributed by atoms with van der Waals surface area (Å²) in [4.78, 5) is 12.0. The lowest BCUT2D eigenvalue weighted by atomic mass is 10.3. The maximum absolute atomic E-state index is 12.0. The lowest BCUT2D eigenvalue weighted by molar-refractivity contribution is 0.0938. The van der Waals surface area contributed by atoms with E-state index in [1.54, 1.807) is 0 Å². The van der Waals surface area contributed by atoms with E-state index in [9.17, 15) is 13.2 Å². The Morgan fingerprint density at radius 3 is 2.94 bits per heavy atom. The summed E-state index contributed by atoms with van der Waals surface area (Å²) in [5, 5.41) is 7.67. The molecule has 0 aliphatic carbocycles. The van der Waals surface area contributed by atoms with Crippen molar-refractivity contribution in [2.75, 3.05) is 11.5 Å². The molecule has 1 amide bonds. The Labute approximate surface area is 105 Å². The van der Waals surface area contributed by atoms with Crippen molar-refractivity contribution in [3.05, 3.63) is 23.4 Å². The molecule has 18 heavy (non-hydrogen) atoms. The van der Waals surface area contributed by atoms with Crippen LogP contribution in [0, 0.1) is 0 Å². The molecule has 3 N–H and O–H groups in total. The van der Waals surface area contributed by atoms with E-state index in [2.05, 4.69) is 10.4 Å². The first-order valence-corrected chi connectivity index (χ1v) is 7.17. The largest absolute Gasteiger partial charge is 0.396 e.